The molecule has 0 fully saturated rings. The van der Waals surface area contributed by atoms with Gasteiger partial charge in [-0.25, -0.2) is 0 Å². The molecule has 0 saturated heterocycles. The van der Waals surface area contributed by atoms with Gasteiger partial charge in [-0.05, 0) is 11.8 Å². The van der Waals surface area contributed by atoms with Gasteiger partial charge in [0.25, 0.3) is 0 Å². The monoisotopic (exact) mass is 134 g/mol. The summed E-state index contributed by atoms with van der Waals surface area (Å²) in [4.78, 5) is 0. The van der Waals surface area contributed by atoms with Crippen LogP contribution in [0.1, 0.15) is 27.7 Å². The molecule has 0 bridgehead atoms. The molecule has 0 aliphatic heterocycles. The first kappa shape index (κ1) is 11.7. The summed E-state index contributed by atoms with van der Waals surface area (Å²) in [6.45, 7) is 8.13. The van der Waals surface area contributed by atoms with Crippen LogP contribution in [0.3, 0.4) is 0 Å². The number of hydrogen-bond donors (Lipinski definition) is 1. The predicted octanol–water partition coefficient (Wildman–Crippen LogP) is 0.835. The molecule has 58 valence electrons. The number of hydrogen-bond acceptors (Lipinski definition) is 1. The van der Waals surface area contributed by atoms with Crippen molar-refractivity contribution in [1.82, 2.24) is 0 Å². The summed E-state index contributed by atoms with van der Waals surface area (Å²) in [5, 5.41) is 9.20. The van der Waals surface area contributed by atoms with Gasteiger partial charge in [0.05, 0.1) is 6.10 Å². The van der Waals surface area contributed by atoms with Crippen LogP contribution in [0, 0.1) is 11.8 Å². The minimum Gasteiger partial charge on any atom is -0.412 e. The summed E-state index contributed by atoms with van der Waals surface area (Å²) in [6, 6.07) is 0. The van der Waals surface area contributed by atoms with Crippen molar-refractivity contribution in [3.05, 3.63) is 0 Å². The SMILES string of the molecule is CC(C)C(O)C(C)C.O. The average molecular weight is 134 g/mol. The Bertz CT molecular complexity index is 51.9. The summed E-state index contributed by atoms with van der Waals surface area (Å²) in [7, 11) is 0. The van der Waals surface area contributed by atoms with E-state index in [9.17, 15) is 5.11 Å². The summed E-state index contributed by atoms with van der Waals surface area (Å²) in [5.74, 6) is 0.796. The Kier molecular flexibility index (Phi) is 6.19. The Labute approximate surface area is 57.2 Å². The number of aliphatic hydroxyl groups excluding tert-OH is 1. The van der Waals surface area contributed by atoms with Crippen LogP contribution in [-0.4, -0.2) is 16.7 Å². The molecule has 0 aromatic carbocycles. The second-order valence-electron chi connectivity index (χ2n) is 2.98. The zero-order valence-corrected chi connectivity index (χ0v) is 6.68. The molecule has 9 heavy (non-hydrogen) atoms. The lowest BCUT2D eigenvalue weighted by Crippen LogP contribution is -2.20. The molecular formula is C7H18O2. The molecule has 0 aliphatic carbocycles. The van der Waals surface area contributed by atoms with Crippen molar-refractivity contribution >= 4 is 0 Å². The van der Waals surface area contributed by atoms with Gasteiger partial charge >= 0.3 is 0 Å². The highest BCUT2D eigenvalue weighted by Crippen LogP contribution is 2.10. The normalized spacial score (nSPS) is 10.7. The second-order valence-corrected chi connectivity index (χ2v) is 2.98. The fraction of sp³-hybridized carbons (Fsp3) is 1.00. The van der Waals surface area contributed by atoms with Crippen molar-refractivity contribution in [3.8, 4) is 0 Å². The molecule has 3 N–H and O–H groups in total. The molecule has 2 nitrogen and oxygen atoms in total. The second kappa shape index (κ2) is 4.77. The topological polar surface area (TPSA) is 51.7 Å². The zero-order chi connectivity index (χ0) is 6.73. The first-order chi connectivity index (χ1) is 3.55. The predicted molar refractivity (Wildman–Crippen MR) is 39.3 cm³/mol. The largest absolute Gasteiger partial charge is 0.412 e. The average Bonchev–Trinajstić information content (AvgIpc) is 1.64. The smallest absolute Gasteiger partial charge is 0.0586 e. The third kappa shape index (κ3) is 4.43. The van der Waals surface area contributed by atoms with E-state index in [0.29, 0.717) is 11.8 Å². The van der Waals surface area contributed by atoms with E-state index in [1.54, 1.807) is 0 Å². The summed E-state index contributed by atoms with van der Waals surface area (Å²) in [6.07, 6.45) is -0.130. The minimum absolute atomic E-state index is 0. The molecule has 0 aromatic heterocycles. The van der Waals surface area contributed by atoms with Crippen LogP contribution in [0.4, 0.5) is 0 Å². The van der Waals surface area contributed by atoms with Gasteiger partial charge in [-0.3, -0.25) is 0 Å². The van der Waals surface area contributed by atoms with Gasteiger partial charge in [-0.2, -0.15) is 0 Å². The third-order valence-corrected chi connectivity index (χ3v) is 1.37. The van der Waals surface area contributed by atoms with Crippen LogP contribution in [0.25, 0.3) is 0 Å². The number of rotatable bonds is 2. The Morgan fingerprint density at radius 1 is 0.889 bits per heavy atom. The van der Waals surface area contributed by atoms with Gasteiger partial charge in [0, 0.05) is 0 Å². The molecule has 0 heterocycles. The summed E-state index contributed by atoms with van der Waals surface area (Å²) < 4.78 is 0. The van der Waals surface area contributed by atoms with E-state index in [4.69, 9.17) is 0 Å². The number of aliphatic hydroxyl groups is 1. The van der Waals surface area contributed by atoms with Crippen LogP contribution < -0.4 is 0 Å². The fourth-order valence-corrected chi connectivity index (χ4v) is 0.770. The van der Waals surface area contributed by atoms with E-state index in [1.807, 2.05) is 27.7 Å². The molecule has 0 aliphatic rings. The van der Waals surface area contributed by atoms with Crippen LogP contribution in [0.15, 0.2) is 0 Å². The lowest BCUT2D eigenvalue weighted by molar-refractivity contribution is 0.0801. The molecule has 0 saturated carbocycles. The van der Waals surface area contributed by atoms with Gasteiger partial charge in [-0.15, -0.1) is 0 Å². The maximum Gasteiger partial charge on any atom is 0.0586 e. The Morgan fingerprint density at radius 2 is 1.11 bits per heavy atom. The van der Waals surface area contributed by atoms with Crippen LogP contribution in [0.5, 0.6) is 0 Å². The molecule has 0 atom stereocenters. The van der Waals surface area contributed by atoms with E-state index in [1.165, 1.54) is 0 Å². The van der Waals surface area contributed by atoms with Gasteiger partial charge in [0.1, 0.15) is 0 Å². The maximum absolute atomic E-state index is 9.20. The lowest BCUT2D eigenvalue weighted by Gasteiger charge is -2.17. The molecular weight excluding hydrogens is 116 g/mol. The van der Waals surface area contributed by atoms with Crippen molar-refractivity contribution in [3.63, 3.8) is 0 Å². The van der Waals surface area contributed by atoms with Gasteiger partial charge in [0.2, 0.25) is 0 Å². The van der Waals surface area contributed by atoms with Gasteiger partial charge in [-0.1, -0.05) is 27.7 Å². The fourth-order valence-electron chi connectivity index (χ4n) is 0.770. The lowest BCUT2D eigenvalue weighted by atomic mass is 9.97. The summed E-state index contributed by atoms with van der Waals surface area (Å²) in [5.41, 5.74) is 0. The van der Waals surface area contributed by atoms with Crippen molar-refractivity contribution in [1.29, 1.82) is 0 Å². The van der Waals surface area contributed by atoms with Gasteiger partial charge < -0.3 is 10.6 Å². The molecule has 0 amide bonds. The highest BCUT2D eigenvalue weighted by atomic mass is 16.3. The van der Waals surface area contributed by atoms with Crippen LogP contribution in [-0.2, 0) is 0 Å². The van der Waals surface area contributed by atoms with Crippen molar-refractivity contribution < 1.29 is 10.6 Å². The van der Waals surface area contributed by atoms with Crippen molar-refractivity contribution in [2.75, 3.05) is 0 Å². The van der Waals surface area contributed by atoms with E-state index in [2.05, 4.69) is 0 Å². The Morgan fingerprint density at radius 3 is 1.11 bits per heavy atom. The highest BCUT2D eigenvalue weighted by Gasteiger charge is 2.11. The molecule has 0 rings (SSSR count). The van der Waals surface area contributed by atoms with E-state index in [0.717, 1.165) is 0 Å². The standard InChI is InChI=1S/C7H16O.H2O/c1-5(2)7(8)6(3)4;/h5-8H,1-4H3;1H2. The quantitative estimate of drug-likeness (QED) is 0.597. The first-order valence-electron chi connectivity index (χ1n) is 3.23. The molecule has 2 heteroatoms. The molecule has 0 aromatic rings. The van der Waals surface area contributed by atoms with Crippen molar-refractivity contribution in [2.24, 2.45) is 11.8 Å². The summed E-state index contributed by atoms with van der Waals surface area (Å²) >= 11 is 0. The van der Waals surface area contributed by atoms with Crippen LogP contribution >= 0.6 is 0 Å². The highest BCUT2D eigenvalue weighted by molar-refractivity contribution is 4.62. The van der Waals surface area contributed by atoms with E-state index >= 15 is 0 Å². The first-order valence-corrected chi connectivity index (χ1v) is 3.23. The van der Waals surface area contributed by atoms with Crippen LogP contribution in [0.2, 0.25) is 0 Å². The molecule has 0 spiro atoms. The maximum atomic E-state index is 9.20. The minimum atomic E-state index is -0.130. The third-order valence-electron chi connectivity index (χ3n) is 1.37. The zero-order valence-electron chi connectivity index (χ0n) is 6.68. The van der Waals surface area contributed by atoms with Crippen molar-refractivity contribution in [2.45, 2.75) is 33.8 Å². The van der Waals surface area contributed by atoms with E-state index < -0.39 is 0 Å². The Hall–Kier alpha value is -0.0800. The molecule has 0 radical (unpaired) electrons. The Balaban J connectivity index is 0. The molecule has 0 unspecified atom stereocenters. The van der Waals surface area contributed by atoms with Gasteiger partial charge in [0.15, 0.2) is 0 Å². The van der Waals surface area contributed by atoms with E-state index in [-0.39, 0.29) is 11.6 Å².